The molecule has 0 aliphatic heterocycles. The van der Waals surface area contributed by atoms with Crippen molar-refractivity contribution in [3.63, 3.8) is 0 Å². The van der Waals surface area contributed by atoms with E-state index in [1.54, 1.807) is 0 Å². The van der Waals surface area contributed by atoms with Gasteiger partial charge < -0.3 is 9.57 Å². The highest BCUT2D eigenvalue weighted by Crippen LogP contribution is 2.10. The molecule has 0 aromatic carbocycles. The van der Waals surface area contributed by atoms with Crippen molar-refractivity contribution in [1.29, 1.82) is 0 Å². The lowest BCUT2D eigenvalue weighted by Gasteiger charge is -2.14. The number of nitrogens with zero attached hydrogens (tertiary/aromatic N) is 1. The lowest BCUT2D eigenvalue weighted by molar-refractivity contribution is -0.156. The zero-order valence-corrected chi connectivity index (χ0v) is 12.2. The second-order valence-electron chi connectivity index (χ2n) is 3.79. The monoisotopic (exact) mass is 287 g/mol. The van der Waals surface area contributed by atoms with Gasteiger partial charge in [0.05, 0.1) is 5.69 Å². The number of carbonyl (C=O) groups excluding carboxylic acids is 1. The van der Waals surface area contributed by atoms with Gasteiger partial charge in [-0.2, -0.15) is 4.73 Å². The fraction of sp³-hybridized carbons (Fsp3) is 0.500. The highest BCUT2D eigenvalue weighted by molar-refractivity contribution is 7.73. The molecule has 100 valence electrons. The molecule has 0 aliphatic rings. The molecule has 1 rings (SSSR count). The molecule has 1 heterocycles. The summed E-state index contributed by atoms with van der Waals surface area (Å²) in [6.07, 6.45) is 3.55. The Morgan fingerprint density at radius 3 is 2.94 bits per heavy atom. The second kappa shape index (κ2) is 7.45. The summed E-state index contributed by atoms with van der Waals surface area (Å²) in [6, 6.07) is 0. The molecule has 0 bridgehead atoms. The lowest BCUT2D eigenvalue weighted by atomic mass is 10.1. The van der Waals surface area contributed by atoms with Crippen molar-refractivity contribution in [2.45, 2.75) is 32.3 Å². The molecule has 0 fully saturated rings. The Labute approximate surface area is 116 Å². The topological polar surface area (TPSA) is 40.5 Å². The van der Waals surface area contributed by atoms with Crippen LogP contribution in [0.1, 0.15) is 25.0 Å². The van der Waals surface area contributed by atoms with Crippen molar-refractivity contribution < 1.29 is 14.4 Å². The van der Waals surface area contributed by atoms with Crippen molar-refractivity contribution in [2.24, 2.45) is 0 Å². The number of hydrogen-bond donors (Lipinski definition) is 0. The van der Waals surface area contributed by atoms with E-state index in [9.17, 15) is 4.79 Å². The van der Waals surface area contributed by atoms with E-state index >= 15 is 0 Å². The number of aromatic nitrogens is 1. The maximum absolute atomic E-state index is 11.9. The molecule has 1 aromatic heterocycles. The normalized spacial score (nSPS) is 12.1. The molecule has 0 saturated carbocycles. The van der Waals surface area contributed by atoms with Gasteiger partial charge in [0.2, 0.25) is 0 Å². The van der Waals surface area contributed by atoms with Crippen LogP contribution in [0.25, 0.3) is 0 Å². The Bertz CT molecular complexity index is 464. The first-order valence-electron chi connectivity index (χ1n) is 5.63. The van der Waals surface area contributed by atoms with E-state index in [1.807, 2.05) is 18.4 Å². The van der Waals surface area contributed by atoms with E-state index in [-0.39, 0.29) is 0 Å². The van der Waals surface area contributed by atoms with Gasteiger partial charge in [0.15, 0.2) is 10.1 Å². The highest BCUT2D eigenvalue weighted by atomic mass is 32.1. The second-order valence-corrected chi connectivity index (χ2v) is 5.29. The third-order valence-corrected chi connectivity index (χ3v) is 3.70. The van der Waals surface area contributed by atoms with Gasteiger partial charge in [0, 0.05) is 12.5 Å². The fourth-order valence-electron chi connectivity index (χ4n) is 1.41. The number of rotatable bonds is 7. The van der Waals surface area contributed by atoms with E-state index < -0.39 is 12.1 Å². The molecule has 0 saturated heterocycles. The van der Waals surface area contributed by atoms with Crippen LogP contribution >= 0.6 is 23.6 Å². The largest absolute Gasteiger partial charge is 0.370 e. The predicted molar refractivity (Wildman–Crippen MR) is 74.3 cm³/mol. The molecule has 0 radical (unpaired) electrons. The molecule has 1 atom stereocenters. The summed E-state index contributed by atoms with van der Waals surface area (Å²) in [6.45, 7) is 5.47. The van der Waals surface area contributed by atoms with Crippen molar-refractivity contribution in [2.75, 3.05) is 7.11 Å². The Kier molecular flexibility index (Phi) is 6.24. The maximum atomic E-state index is 11.9. The molecule has 6 heteroatoms. The van der Waals surface area contributed by atoms with Crippen LogP contribution in [0, 0.1) is 10.9 Å². The minimum Gasteiger partial charge on any atom is -0.370 e. The first-order valence-corrected chi connectivity index (χ1v) is 6.92. The SMILES string of the molecule is C=CCCCC(OC)C(=O)On1c(C)csc1=S. The number of carbonyl (C=O) groups is 1. The Morgan fingerprint density at radius 2 is 2.44 bits per heavy atom. The minimum atomic E-state index is -0.564. The van der Waals surface area contributed by atoms with E-state index in [1.165, 1.54) is 23.2 Å². The predicted octanol–water partition coefficient (Wildman–Crippen LogP) is 2.91. The quantitative estimate of drug-likeness (QED) is 0.439. The average Bonchev–Trinajstić information content (AvgIpc) is 2.66. The van der Waals surface area contributed by atoms with Gasteiger partial charge in [-0.3, -0.25) is 0 Å². The van der Waals surface area contributed by atoms with Crippen LogP contribution in [0.3, 0.4) is 0 Å². The summed E-state index contributed by atoms with van der Waals surface area (Å²) < 4.78 is 7.01. The van der Waals surface area contributed by atoms with Crippen LogP contribution in [-0.2, 0) is 9.53 Å². The van der Waals surface area contributed by atoms with Crippen molar-refractivity contribution >= 4 is 29.5 Å². The molecule has 1 unspecified atom stereocenters. The number of unbranched alkanes of at least 4 members (excludes halogenated alkanes) is 1. The van der Waals surface area contributed by atoms with E-state index in [2.05, 4.69) is 6.58 Å². The standard InChI is InChI=1S/C12H17NO3S2/c1-4-5-6-7-10(15-3)11(14)16-13-9(2)8-18-12(13)17/h4,8,10H,1,5-7H2,2-3H3. The first-order chi connectivity index (χ1) is 8.60. The van der Waals surface area contributed by atoms with Crippen molar-refractivity contribution in [3.8, 4) is 0 Å². The van der Waals surface area contributed by atoms with Crippen molar-refractivity contribution in [3.05, 3.63) is 27.7 Å². The number of thiazole rings is 1. The molecule has 18 heavy (non-hydrogen) atoms. The van der Waals surface area contributed by atoms with Crippen LogP contribution in [0.15, 0.2) is 18.0 Å². The Balaban J connectivity index is 2.62. The van der Waals surface area contributed by atoms with Gasteiger partial charge in [-0.15, -0.1) is 17.9 Å². The van der Waals surface area contributed by atoms with E-state index in [0.717, 1.165) is 18.5 Å². The van der Waals surface area contributed by atoms with Crippen LogP contribution in [0.5, 0.6) is 0 Å². The average molecular weight is 287 g/mol. The summed E-state index contributed by atoms with van der Waals surface area (Å²) in [5.41, 5.74) is 0.805. The Morgan fingerprint density at radius 1 is 1.72 bits per heavy atom. The van der Waals surface area contributed by atoms with Gasteiger partial charge >= 0.3 is 5.97 Å². The zero-order valence-electron chi connectivity index (χ0n) is 10.5. The molecular weight excluding hydrogens is 270 g/mol. The Hall–Kier alpha value is -0.980. The number of ether oxygens (including phenoxy) is 1. The fourth-order valence-corrected chi connectivity index (χ4v) is 2.38. The number of allylic oxidation sites excluding steroid dienone is 1. The summed E-state index contributed by atoms with van der Waals surface area (Å²) in [4.78, 5) is 17.1. The maximum Gasteiger partial charge on any atom is 0.361 e. The summed E-state index contributed by atoms with van der Waals surface area (Å²) >= 11 is 6.43. The highest BCUT2D eigenvalue weighted by Gasteiger charge is 2.20. The van der Waals surface area contributed by atoms with Gasteiger partial charge in [-0.1, -0.05) is 6.08 Å². The lowest BCUT2D eigenvalue weighted by Crippen LogP contribution is -2.33. The minimum absolute atomic E-state index is 0.417. The molecular formula is C12H17NO3S2. The number of hydrogen-bond acceptors (Lipinski definition) is 5. The molecule has 0 aliphatic carbocycles. The van der Waals surface area contributed by atoms with Crippen LogP contribution < -0.4 is 4.84 Å². The van der Waals surface area contributed by atoms with Crippen LogP contribution in [0.2, 0.25) is 0 Å². The summed E-state index contributed by atoms with van der Waals surface area (Å²) in [5.74, 6) is -0.417. The molecule has 1 aromatic rings. The molecule has 0 spiro atoms. The van der Waals surface area contributed by atoms with E-state index in [4.69, 9.17) is 21.8 Å². The third kappa shape index (κ3) is 4.04. The van der Waals surface area contributed by atoms with Gasteiger partial charge in [-0.25, -0.2) is 4.79 Å². The first kappa shape index (κ1) is 15.1. The van der Waals surface area contributed by atoms with Gasteiger partial charge in [0.1, 0.15) is 0 Å². The van der Waals surface area contributed by atoms with Crippen LogP contribution in [-0.4, -0.2) is 23.9 Å². The molecule has 4 nitrogen and oxygen atoms in total. The van der Waals surface area contributed by atoms with Gasteiger partial charge in [0.25, 0.3) is 0 Å². The smallest absolute Gasteiger partial charge is 0.361 e. The number of aryl methyl sites for hydroxylation is 1. The summed E-state index contributed by atoms with van der Waals surface area (Å²) in [7, 11) is 1.50. The van der Waals surface area contributed by atoms with E-state index in [0.29, 0.717) is 10.4 Å². The third-order valence-electron chi connectivity index (χ3n) is 2.42. The van der Waals surface area contributed by atoms with Crippen molar-refractivity contribution in [1.82, 2.24) is 4.73 Å². The van der Waals surface area contributed by atoms with Crippen LogP contribution in [0.4, 0.5) is 0 Å². The number of methoxy groups -OCH3 is 1. The van der Waals surface area contributed by atoms with Gasteiger partial charge in [-0.05, 0) is 38.4 Å². The molecule has 0 amide bonds. The molecule has 0 N–H and O–H groups in total. The zero-order chi connectivity index (χ0) is 13.5. The summed E-state index contributed by atoms with van der Waals surface area (Å²) in [5, 5.41) is 1.84.